The van der Waals surface area contributed by atoms with Gasteiger partial charge in [-0.3, -0.25) is 0 Å². The molecule has 0 aromatic heterocycles. The van der Waals surface area contributed by atoms with Gasteiger partial charge < -0.3 is 10.6 Å². The normalized spacial score (nSPS) is 10.2. The van der Waals surface area contributed by atoms with Crippen molar-refractivity contribution < 1.29 is 4.79 Å². The molecule has 2 rings (SSSR count). The average molecular weight is 374 g/mol. The maximum Gasteiger partial charge on any atom is 0.319 e. The van der Waals surface area contributed by atoms with Crippen molar-refractivity contribution in [2.24, 2.45) is 0 Å². The van der Waals surface area contributed by atoms with Gasteiger partial charge in [0.05, 0.1) is 15.7 Å². The van der Waals surface area contributed by atoms with Crippen molar-refractivity contribution in [3.05, 3.63) is 62.5 Å². The Hall–Kier alpha value is -1.23. The average Bonchev–Trinajstić information content (AvgIpc) is 2.42. The minimum atomic E-state index is -0.339. The Kier molecular flexibility index (Phi) is 5.29. The summed E-state index contributed by atoms with van der Waals surface area (Å²) in [6, 6.07) is 12.4. The van der Waals surface area contributed by atoms with Gasteiger partial charge >= 0.3 is 6.03 Å². The van der Waals surface area contributed by atoms with Crippen molar-refractivity contribution in [3.63, 3.8) is 0 Å². The maximum absolute atomic E-state index is 11.8. The summed E-state index contributed by atoms with van der Waals surface area (Å²) >= 11 is 15.3. The van der Waals surface area contributed by atoms with Gasteiger partial charge in [0.15, 0.2) is 0 Å². The van der Waals surface area contributed by atoms with Gasteiger partial charge in [-0.1, -0.05) is 57.3 Å². The van der Waals surface area contributed by atoms with Crippen molar-refractivity contribution in [1.29, 1.82) is 0 Å². The number of hydrogen-bond acceptors (Lipinski definition) is 1. The largest absolute Gasteiger partial charge is 0.334 e. The van der Waals surface area contributed by atoms with Crippen LogP contribution in [0.1, 0.15) is 5.56 Å². The van der Waals surface area contributed by atoms with Crippen LogP contribution in [0.4, 0.5) is 10.5 Å². The van der Waals surface area contributed by atoms with Gasteiger partial charge in [0, 0.05) is 11.0 Å². The Bertz CT molecular complexity index is 634. The van der Waals surface area contributed by atoms with Crippen LogP contribution >= 0.6 is 39.1 Å². The fourth-order valence-electron chi connectivity index (χ4n) is 1.60. The van der Waals surface area contributed by atoms with Crippen molar-refractivity contribution in [2.75, 3.05) is 5.32 Å². The lowest BCUT2D eigenvalue weighted by Crippen LogP contribution is -2.28. The molecular formula is C14H11BrCl2N2O. The SMILES string of the molecule is O=C(NCc1cccc(Br)c1)Nc1cccc(Cl)c1Cl. The maximum atomic E-state index is 11.8. The van der Waals surface area contributed by atoms with E-state index in [9.17, 15) is 4.79 Å². The van der Waals surface area contributed by atoms with E-state index in [1.54, 1.807) is 18.2 Å². The number of urea groups is 1. The molecule has 20 heavy (non-hydrogen) atoms. The van der Waals surface area contributed by atoms with Crippen LogP contribution in [0.2, 0.25) is 10.0 Å². The topological polar surface area (TPSA) is 41.1 Å². The standard InChI is InChI=1S/C14H11BrCl2N2O/c15-10-4-1-3-9(7-10)8-18-14(20)19-12-6-2-5-11(16)13(12)17/h1-7H,8H2,(H2,18,19,20). The van der Waals surface area contributed by atoms with Crippen LogP contribution in [0.25, 0.3) is 0 Å². The number of nitrogens with one attached hydrogen (secondary N) is 2. The summed E-state index contributed by atoms with van der Waals surface area (Å²) < 4.78 is 0.968. The summed E-state index contributed by atoms with van der Waals surface area (Å²) in [6.45, 7) is 0.420. The number of amides is 2. The molecule has 2 aromatic rings. The summed E-state index contributed by atoms with van der Waals surface area (Å²) in [4.78, 5) is 11.8. The summed E-state index contributed by atoms with van der Waals surface area (Å²) in [5.41, 5.74) is 1.47. The Labute approximate surface area is 135 Å². The molecular weight excluding hydrogens is 363 g/mol. The first kappa shape index (κ1) is 15.2. The number of anilines is 1. The molecule has 0 saturated carbocycles. The van der Waals surface area contributed by atoms with E-state index in [4.69, 9.17) is 23.2 Å². The molecule has 104 valence electrons. The van der Waals surface area contributed by atoms with Crippen LogP contribution in [-0.4, -0.2) is 6.03 Å². The molecule has 0 saturated heterocycles. The van der Waals surface area contributed by atoms with Crippen LogP contribution in [-0.2, 0) is 6.54 Å². The second-order valence-electron chi connectivity index (χ2n) is 4.04. The molecule has 2 aromatic carbocycles. The van der Waals surface area contributed by atoms with E-state index in [1.807, 2.05) is 24.3 Å². The Morgan fingerprint density at radius 2 is 1.90 bits per heavy atom. The number of benzene rings is 2. The minimum Gasteiger partial charge on any atom is -0.334 e. The third-order valence-electron chi connectivity index (χ3n) is 2.54. The van der Waals surface area contributed by atoms with Crippen molar-refractivity contribution in [1.82, 2.24) is 5.32 Å². The predicted molar refractivity (Wildman–Crippen MR) is 86.5 cm³/mol. The lowest BCUT2D eigenvalue weighted by Gasteiger charge is -2.10. The fraction of sp³-hybridized carbons (Fsp3) is 0.0714. The molecule has 0 fully saturated rings. The summed E-state index contributed by atoms with van der Waals surface area (Å²) in [5, 5.41) is 6.13. The van der Waals surface area contributed by atoms with E-state index in [0.717, 1.165) is 10.0 Å². The molecule has 0 radical (unpaired) electrons. The third kappa shape index (κ3) is 4.13. The second kappa shape index (κ2) is 6.97. The van der Waals surface area contributed by atoms with Gasteiger partial charge in [0.25, 0.3) is 0 Å². The molecule has 0 bridgehead atoms. The molecule has 6 heteroatoms. The van der Waals surface area contributed by atoms with E-state index in [-0.39, 0.29) is 6.03 Å². The second-order valence-corrected chi connectivity index (χ2v) is 5.74. The Morgan fingerprint density at radius 1 is 1.15 bits per heavy atom. The monoisotopic (exact) mass is 372 g/mol. The van der Waals surface area contributed by atoms with E-state index < -0.39 is 0 Å². The van der Waals surface area contributed by atoms with Crippen LogP contribution < -0.4 is 10.6 Å². The highest BCUT2D eigenvalue weighted by molar-refractivity contribution is 9.10. The van der Waals surface area contributed by atoms with Crippen LogP contribution in [0.3, 0.4) is 0 Å². The van der Waals surface area contributed by atoms with Gasteiger partial charge in [0.2, 0.25) is 0 Å². The minimum absolute atomic E-state index is 0.326. The number of carbonyl (C=O) groups is 1. The van der Waals surface area contributed by atoms with Crippen molar-refractivity contribution in [2.45, 2.75) is 6.54 Å². The van der Waals surface area contributed by atoms with Crippen LogP contribution in [0.15, 0.2) is 46.9 Å². The third-order valence-corrected chi connectivity index (χ3v) is 3.85. The molecule has 0 heterocycles. The van der Waals surface area contributed by atoms with Gasteiger partial charge in [-0.15, -0.1) is 0 Å². The Morgan fingerprint density at radius 3 is 2.65 bits per heavy atom. The molecule has 0 unspecified atom stereocenters. The first-order valence-electron chi connectivity index (χ1n) is 5.79. The summed E-state index contributed by atoms with van der Waals surface area (Å²) in [5.74, 6) is 0. The molecule has 2 amide bonds. The van der Waals surface area contributed by atoms with E-state index >= 15 is 0 Å². The molecule has 0 aliphatic rings. The lowest BCUT2D eigenvalue weighted by molar-refractivity contribution is 0.251. The van der Waals surface area contributed by atoms with Crippen molar-refractivity contribution >= 4 is 50.9 Å². The number of rotatable bonds is 3. The zero-order chi connectivity index (χ0) is 14.5. The number of halogens is 3. The first-order valence-corrected chi connectivity index (χ1v) is 7.34. The molecule has 0 aliphatic carbocycles. The molecule has 2 N–H and O–H groups in total. The van der Waals surface area contributed by atoms with Gasteiger partial charge in [-0.05, 0) is 29.8 Å². The molecule has 3 nitrogen and oxygen atoms in total. The number of carbonyl (C=O) groups excluding carboxylic acids is 1. The molecule has 0 spiro atoms. The summed E-state index contributed by atoms with van der Waals surface area (Å²) in [6.07, 6.45) is 0. The van der Waals surface area contributed by atoms with Crippen molar-refractivity contribution in [3.8, 4) is 0 Å². The predicted octanol–water partition coefficient (Wildman–Crippen LogP) is 5.08. The highest BCUT2D eigenvalue weighted by Crippen LogP contribution is 2.29. The molecule has 0 aliphatic heterocycles. The first-order chi connectivity index (χ1) is 9.56. The Balaban J connectivity index is 1.94. The lowest BCUT2D eigenvalue weighted by atomic mass is 10.2. The summed E-state index contributed by atoms with van der Waals surface area (Å²) in [7, 11) is 0. The van der Waals surface area contributed by atoms with Gasteiger partial charge in [-0.2, -0.15) is 0 Å². The zero-order valence-electron chi connectivity index (χ0n) is 10.3. The van der Waals surface area contributed by atoms with E-state index in [0.29, 0.717) is 22.3 Å². The van der Waals surface area contributed by atoms with E-state index in [2.05, 4.69) is 26.6 Å². The van der Waals surface area contributed by atoms with E-state index in [1.165, 1.54) is 0 Å². The smallest absolute Gasteiger partial charge is 0.319 e. The fourth-order valence-corrected chi connectivity index (χ4v) is 2.39. The molecule has 0 atom stereocenters. The number of hydrogen-bond donors (Lipinski definition) is 2. The van der Waals surface area contributed by atoms with Crippen LogP contribution in [0.5, 0.6) is 0 Å². The zero-order valence-corrected chi connectivity index (χ0v) is 13.4. The van der Waals surface area contributed by atoms with Crippen LogP contribution in [0, 0.1) is 0 Å². The van der Waals surface area contributed by atoms with Gasteiger partial charge in [-0.25, -0.2) is 4.79 Å². The highest BCUT2D eigenvalue weighted by atomic mass is 79.9. The van der Waals surface area contributed by atoms with Gasteiger partial charge in [0.1, 0.15) is 0 Å². The quantitative estimate of drug-likeness (QED) is 0.773. The highest BCUT2D eigenvalue weighted by Gasteiger charge is 2.07.